The van der Waals surface area contributed by atoms with E-state index >= 15 is 0 Å². The molecule has 19 heavy (non-hydrogen) atoms. The Bertz CT molecular complexity index is 555. The van der Waals surface area contributed by atoms with Crippen LogP contribution in [0.2, 0.25) is 5.02 Å². The van der Waals surface area contributed by atoms with Gasteiger partial charge in [0.15, 0.2) is 11.6 Å². The topological polar surface area (TPSA) is 35.2 Å². The Hall–Kier alpha value is -1.58. The third-order valence-corrected chi connectivity index (χ3v) is 3.04. The lowest BCUT2D eigenvalue weighted by Gasteiger charge is -2.10. The highest BCUT2D eigenvalue weighted by Crippen LogP contribution is 2.22. The molecule has 0 aliphatic heterocycles. The van der Waals surface area contributed by atoms with Crippen molar-refractivity contribution in [3.05, 3.63) is 64.4 Å². The summed E-state index contributed by atoms with van der Waals surface area (Å²) in [6.45, 7) is 2.11. The van der Waals surface area contributed by atoms with Gasteiger partial charge in [-0.3, -0.25) is 0 Å². The summed E-state index contributed by atoms with van der Waals surface area (Å²) in [6, 6.07) is 11.8. The molecular weight excluding hydrogens is 265 g/mol. The highest BCUT2D eigenvalue weighted by Gasteiger charge is 2.07. The van der Waals surface area contributed by atoms with Crippen LogP contribution < -0.4 is 10.5 Å². The van der Waals surface area contributed by atoms with Crippen LogP contribution in [0.25, 0.3) is 0 Å². The van der Waals surface area contributed by atoms with Gasteiger partial charge in [-0.2, -0.15) is 0 Å². The van der Waals surface area contributed by atoms with Crippen molar-refractivity contribution in [3.8, 4) is 5.75 Å². The van der Waals surface area contributed by atoms with Crippen LogP contribution in [-0.2, 0) is 6.61 Å². The third-order valence-electron chi connectivity index (χ3n) is 2.79. The fraction of sp³-hybridized carbons (Fsp3) is 0.200. The predicted molar refractivity (Wildman–Crippen MR) is 74.8 cm³/mol. The van der Waals surface area contributed by atoms with Crippen LogP contribution in [0.1, 0.15) is 24.1 Å². The van der Waals surface area contributed by atoms with Crippen LogP contribution in [0.3, 0.4) is 0 Å². The molecule has 2 aromatic rings. The maximum absolute atomic E-state index is 13.8. The van der Waals surface area contributed by atoms with Gasteiger partial charge in [0, 0.05) is 11.1 Å². The molecule has 100 valence electrons. The molecule has 0 saturated heterocycles. The van der Waals surface area contributed by atoms with Crippen molar-refractivity contribution < 1.29 is 9.13 Å². The molecule has 2 N–H and O–H groups in total. The summed E-state index contributed by atoms with van der Waals surface area (Å²) < 4.78 is 19.2. The number of benzene rings is 2. The van der Waals surface area contributed by atoms with Gasteiger partial charge in [-0.1, -0.05) is 29.8 Å². The fourth-order valence-corrected chi connectivity index (χ4v) is 1.79. The van der Waals surface area contributed by atoms with Gasteiger partial charge in [0.1, 0.15) is 6.61 Å². The second-order valence-corrected chi connectivity index (χ2v) is 4.83. The highest BCUT2D eigenvalue weighted by molar-refractivity contribution is 6.30. The van der Waals surface area contributed by atoms with E-state index < -0.39 is 5.82 Å². The number of halogens is 2. The SMILES string of the molecule is C[C@@H](N)c1ccc(OCc2ccc(Cl)cc2)c(F)c1. The van der Waals surface area contributed by atoms with Crippen LogP contribution in [0, 0.1) is 5.82 Å². The molecule has 0 fully saturated rings. The van der Waals surface area contributed by atoms with Crippen molar-refractivity contribution in [2.75, 3.05) is 0 Å². The summed E-state index contributed by atoms with van der Waals surface area (Å²) >= 11 is 5.79. The summed E-state index contributed by atoms with van der Waals surface area (Å²) in [5.74, 6) is -0.178. The molecule has 0 aliphatic carbocycles. The normalized spacial score (nSPS) is 12.2. The van der Waals surface area contributed by atoms with Crippen LogP contribution in [-0.4, -0.2) is 0 Å². The fourth-order valence-electron chi connectivity index (χ4n) is 1.66. The molecule has 0 saturated carbocycles. The van der Waals surface area contributed by atoms with Crippen LogP contribution in [0.5, 0.6) is 5.75 Å². The largest absolute Gasteiger partial charge is 0.486 e. The molecule has 2 rings (SSSR count). The molecule has 2 aromatic carbocycles. The van der Waals surface area contributed by atoms with Crippen LogP contribution >= 0.6 is 11.6 Å². The molecular formula is C15H15ClFNO. The molecule has 2 nitrogen and oxygen atoms in total. The zero-order valence-electron chi connectivity index (χ0n) is 10.6. The summed E-state index contributed by atoms with van der Waals surface area (Å²) in [6.07, 6.45) is 0. The van der Waals surface area contributed by atoms with Gasteiger partial charge in [0.05, 0.1) is 0 Å². The minimum atomic E-state index is -0.399. The van der Waals surface area contributed by atoms with E-state index in [2.05, 4.69) is 0 Å². The van der Waals surface area contributed by atoms with Gasteiger partial charge in [-0.25, -0.2) is 4.39 Å². The minimum absolute atomic E-state index is 0.195. The van der Waals surface area contributed by atoms with E-state index in [1.54, 1.807) is 24.3 Å². The molecule has 0 unspecified atom stereocenters. The van der Waals surface area contributed by atoms with E-state index in [0.717, 1.165) is 11.1 Å². The number of nitrogens with two attached hydrogens (primary N) is 1. The standard InChI is InChI=1S/C15H15ClFNO/c1-10(18)12-4-7-15(14(17)8-12)19-9-11-2-5-13(16)6-3-11/h2-8,10H,9,18H2,1H3/t10-/m1/s1. The molecule has 0 spiro atoms. The van der Waals surface area contributed by atoms with E-state index in [1.165, 1.54) is 6.07 Å². The number of rotatable bonds is 4. The Morgan fingerprint density at radius 2 is 1.89 bits per heavy atom. The molecule has 0 aliphatic rings. The first-order valence-corrected chi connectivity index (χ1v) is 6.36. The van der Waals surface area contributed by atoms with E-state index in [1.807, 2.05) is 19.1 Å². The molecule has 1 atom stereocenters. The van der Waals surface area contributed by atoms with E-state index in [4.69, 9.17) is 22.1 Å². The smallest absolute Gasteiger partial charge is 0.165 e. The van der Waals surface area contributed by atoms with Gasteiger partial charge in [0.25, 0.3) is 0 Å². The Labute approximate surface area is 117 Å². The number of hydrogen-bond acceptors (Lipinski definition) is 2. The lowest BCUT2D eigenvalue weighted by atomic mass is 10.1. The number of ether oxygens (including phenoxy) is 1. The zero-order valence-corrected chi connectivity index (χ0v) is 11.3. The van der Waals surface area contributed by atoms with Crippen LogP contribution in [0.4, 0.5) is 4.39 Å². The molecule has 0 amide bonds. The Morgan fingerprint density at radius 3 is 2.47 bits per heavy atom. The maximum Gasteiger partial charge on any atom is 0.165 e. The second kappa shape index (κ2) is 6.04. The van der Waals surface area contributed by atoms with Crippen molar-refractivity contribution in [3.63, 3.8) is 0 Å². The van der Waals surface area contributed by atoms with E-state index in [9.17, 15) is 4.39 Å². The molecule has 0 aromatic heterocycles. The van der Waals surface area contributed by atoms with Gasteiger partial charge >= 0.3 is 0 Å². The number of hydrogen-bond donors (Lipinski definition) is 1. The predicted octanol–water partition coefficient (Wildman–Crippen LogP) is 4.08. The molecule has 0 radical (unpaired) electrons. The average molecular weight is 280 g/mol. The minimum Gasteiger partial charge on any atom is -0.486 e. The lowest BCUT2D eigenvalue weighted by Crippen LogP contribution is -2.06. The first-order valence-electron chi connectivity index (χ1n) is 5.98. The van der Waals surface area contributed by atoms with Gasteiger partial charge in [-0.05, 0) is 42.3 Å². The van der Waals surface area contributed by atoms with E-state index in [0.29, 0.717) is 11.6 Å². The van der Waals surface area contributed by atoms with Gasteiger partial charge in [-0.15, -0.1) is 0 Å². The molecule has 0 heterocycles. The van der Waals surface area contributed by atoms with Crippen molar-refractivity contribution in [1.29, 1.82) is 0 Å². The first kappa shape index (κ1) is 13.8. The van der Waals surface area contributed by atoms with Crippen molar-refractivity contribution in [2.45, 2.75) is 19.6 Å². The molecule has 0 bridgehead atoms. The Balaban J connectivity index is 2.05. The van der Waals surface area contributed by atoms with Crippen molar-refractivity contribution in [2.24, 2.45) is 5.73 Å². The van der Waals surface area contributed by atoms with E-state index in [-0.39, 0.29) is 11.8 Å². The summed E-state index contributed by atoms with van der Waals surface area (Å²) in [5, 5.41) is 0.663. The quantitative estimate of drug-likeness (QED) is 0.915. The van der Waals surface area contributed by atoms with Gasteiger partial charge in [0.2, 0.25) is 0 Å². The lowest BCUT2D eigenvalue weighted by molar-refractivity contribution is 0.290. The van der Waals surface area contributed by atoms with Crippen LogP contribution in [0.15, 0.2) is 42.5 Å². The first-order chi connectivity index (χ1) is 9.06. The highest BCUT2D eigenvalue weighted by atomic mass is 35.5. The zero-order chi connectivity index (χ0) is 13.8. The Kier molecular flexibility index (Phi) is 4.40. The Morgan fingerprint density at radius 1 is 1.21 bits per heavy atom. The summed E-state index contributed by atoms with van der Waals surface area (Å²) in [7, 11) is 0. The maximum atomic E-state index is 13.8. The molecule has 4 heteroatoms. The van der Waals surface area contributed by atoms with Crippen molar-refractivity contribution >= 4 is 11.6 Å². The van der Waals surface area contributed by atoms with Gasteiger partial charge < -0.3 is 10.5 Å². The third kappa shape index (κ3) is 3.69. The second-order valence-electron chi connectivity index (χ2n) is 4.39. The summed E-state index contributed by atoms with van der Waals surface area (Å²) in [4.78, 5) is 0. The summed E-state index contributed by atoms with van der Waals surface area (Å²) in [5.41, 5.74) is 7.37. The average Bonchev–Trinajstić information content (AvgIpc) is 2.39. The monoisotopic (exact) mass is 279 g/mol. The van der Waals surface area contributed by atoms with Crippen molar-refractivity contribution in [1.82, 2.24) is 0 Å².